The Morgan fingerprint density at radius 3 is 2.67 bits per heavy atom. The van der Waals surface area contributed by atoms with E-state index in [0.29, 0.717) is 0 Å². The number of aliphatic imine (C=N–C) groups is 1. The summed E-state index contributed by atoms with van der Waals surface area (Å²) in [5, 5.41) is 11.6. The molecule has 0 unspecified atom stereocenters. The molecular formula is C20H28ClIN4O. The van der Waals surface area contributed by atoms with Gasteiger partial charge in [0.05, 0.1) is 12.2 Å². The molecule has 0 radical (unpaired) electrons. The number of hydrogen-bond donors (Lipinski definition) is 2. The van der Waals surface area contributed by atoms with E-state index in [4.69, 9.17) is 21.1 Å². The highest BCUT2D eigenvalue weighted by Crippen LogP contribution is 2.48. The number of halogens is 2. The maximum atomic E-state index is 6.16. The van der Waals surface area contributed by atoms with Gasteiger partial charge in [-0.15, -0.1) is 24.0 Å². The van der Waals surface area contributed by atoms with E-state index in [1.54, 1.807) is 0 Å². The highest BCUT2D eigenvalue weighted by molar-refractivity contribution is 14.0. The lowest BCUT2D eigenvalue weighted by atomic mass is 9.96. The highest BCUT2D eigenvalue weighted by atomic mass is 127. The summed E-state index contributed by atoms with van der Waals surface area (Å²) < 4.78 is 5.22. The summed E-state index contributed by atoms with van der Waals surface area (Å²) in [5.74, 6) is 1.75. The normalized spacial score (nSPS) is 15.2. The molecule has 5 nitrogen and oxygen atoms in total. The molecule has 0 bridgehead atoms. The Morgan fingerprint density at radius 2 is 2.07 bits per heavy atom. The van der Waals surface area contributed by atoms with Crippen molar-refractivity contribution in [1.82, 2.24) is 15.8 Å². The molecule has 27 heavy (non-hydrogen) atoms. The summed E-state index contributed by atoms with van der Waals surface area (Å²) in [6, 6.07) is 8.17. The van der Waals surface area contributed by atoms with Crippen LogP contribution in [0.15, 0.2) is 33.8 Å². The summed E-state index contributed by atoms with van der Waals surface area (Å²) in [6.07, 6.45) is 3.19. The third-order valence-electron chi connectivity index (χ3n) is 5.02. The minimum Gasteiger partial charge on any atom is -0.361 e. The molecule has 0 atom stereocenters. The topological polar surface area (TPSA) is 62.5 Å². The Balaban J connectivity index is 0.00000261. The minimum absolute atomic E-state index is 0. The van der Waals surface area contributed by atoms with Crippen molar-refractivity contribution in [2.45, 2.75) is 45.4 Å². The molecule has 2 N–H and O–H groups in total. The van der Waals surface area contributed by atoms with Crippen LogP contribution in [0.25, 0.3) is 0 Å². The van der Waals surface area contributed by atoms with Crippen molar-refractivity contribution in [1.29, 1.82) is 0 Å². The Kier molecular flexibility index (Phi) is 7.97. The zero-order chi connectivity index (χ0) is 18.6. The lowest BCUT2D eigenvalue weighted by molar-refractivity contribution is 0.392. The fourth-order valence-corrected chi connectivity index (χ4v) is 3.43. The fourth-order valence-electron chi connectivity index (χ4n) is 3.24. The number of nitrogens with one attached hydrogen (secondary N) is 2. The molecule has 0 saturated heterocycles. The van der Waals surface area contributed by atoms with Gasteiger partial charge in [0, 0.05) is 29.1 Å². The summed E-state index contributed by atoms with van der Waals surface area (Å²) in [6.45, 7) is 8.41. The Bertz CT molecular complexity index is 767. The van der Waals surface area contributed by atoms with Crippen LogP contribution in [0.5, 0.6) is 0 Å². The van der Waals surface area contributed by atoms with Gasteiger partial charge < -0.3 is 15.2 Å². The van der Waals surface area contributed by atoms with E-state index in [2.05, 4.69) is 34.8 Å². The van der Waals surface area contributed by atoms with Crippen LogP contribution in [0.4, 0.5) is 0 Å². The van der Waals surface area contributed by atoms with Gasteiger partial charge in [-0.05, 0) is 57.7 Å². The van der Waals surface area contributed by atoms with Crippen molar-refractivity contribution in [3.05, 3.63) is 51.9 Å². The van der Waals surface area contributed by atoms with Gasteiger partial charge in [0.2, 0.25) is 0 Å². The van der Waals surface area contributed by atoms with E-state index >= 15 is 0 Å². The molecule has 2 aromatic rings. The summed E-state index contributed by atoms with van der Waals surface area (Å²) in [5.41, 5.74) is 3.57. The van der Waals surface area contributed by atoms with Crippen molar-refractivity contribution in [2.24, 2.45) is 4.99 Å². The maximum absolute atomic E-state index is 6.16. The van der Waals surface area contributed by atoms with Crippen LogP contribution in [0.3, 0.4) is 0 Å². The molecule has 148 valence electrons. The van der Waals surface area contributed by atoms with E-state index in [0.717, 1.165) is 61.3 Å². The molecule has 3 rings (SSSR count). The zero-order valence-corrected chi connectivity index (χ0v) is 19.2. The van der Waals surface area contributed by atoms with Gasteiger partial charge in [-0.1, -0.05) is 28.9 Å². The van der Waals surface area contributed by atoms with E-state index in [1.165, 1.54) is 11.1 Å². The van der Waals surface area contributed by atoms with Crippen molar-refractivity contribution < 1.29 is 4.52 Å². The van der Waals surface area contributed by atoms with E-state index in [9.17, 15) is 0 Å². The summed E-state index contributed by atoms with van der Waals surface area (Å²) >= 11 is 6.16. The van der Waals surface area contributed by atoms with Crippen molar-refractivity contribution in [3.8, 4) is 0 Å². The van der Waals surface area contributed by atoms with Gasteiger partial charge in [-0.2, -0.15) is 0 Å². The predicted octanol–water partition coefficient (Wildman–Crippen LogP) is 4.39. The Morgan fingerprint density at radius 1 is 1.30 bits per heavy atom. The van der Waals surface area contributed by atoms with Crippen LogP contribution in [0, 0.1) is 13.8 Å². The van der Waals surface area contributed by atoms with Crippen LogP contribution in [0.1, 0.15) is 42.3 Å². The van der Waals surface area contributed by atoms with Crippen LogP contribution >= 0.6 is 35.6 Å². The van der Waals surface area contributed by atoms with Crippen molar-refractivity contribution >= 4 is 41.5 Å². The van der Waals surface area contributed by atoms with Crippen LogP contribution in [0.2, 0.25) is 5.02 Å². The van der Waals surface area contributed by atoms with Gasteiger partial charge in [0.25, 0.3) is 0 Å². The third-order valence-corrected chi connectivity index (χ3v) is 5.26. The highest BCUT2D eigenvalue weighted by Gasteiger charge is 2.44. The SMILES string of the molecule is CCNC(=NCC1(c2cccc(Cl)c2)CC1)NCCc1c(C)noc1C.I. The van der Waals surface area contributed by atoms with Gasteiger partial charge in [-0.25, -0.2) is 0 Å². The van der Waals surface area contributed by atoms with Crippen molar-refractivity contribution in [3.63, 3.8) is 0 Å². The fraction of sp³-hybridized carbons (Fsp3) is 0.500. The molecule has 1 fully saturated rings. The monoisotopic (exact) mass is 502 g/mol. The third kappa shape index (κ3) is 5.60. The van der Waals surface area contributed by atoms with Crippen LogP contribution in [-0.4, -0.2) is 30.8 Å². The Labute approximate surface area is 183 Å². The minimum atomic E-state index is 0. The van der Waals surface area contributed by atoms with E-state index in [1.807, 2.05) is 26.0 Å². The number of benzene rings is 1. The molecule has 1 aliphatic rings. The average molecular weight is 503 g/mol. The second-order valence-corrected chi connectivity index (χ2v) is 7.40. The van der Waals surface area contributed by atoms with Gasteiger partial charge in [-0.3, -0.25) is 4.99 Å². The molecule has 1 heterocycles. The second-order valence-electron chi connectivity index (χ2n) is 6.97. The standard InChI is InChI=1S/C20H27ClN4O.HI/c1-4-22-19(23-11-8-18-14(2)25-26-15(18)3)24-13-20(9-10-20)16-6-5-7-17(21)12-16;/h5-7,12H,4,8-11,13H2,1-3H3,(H2,22,23,24);1H. The number of guanidine groups is 1. The molecule has 0 aliphatic heterocycles. The number of aryl methyl sites for hydroxylation is 2. The molecular weight excluding hydrogens is 475 g/mol. The average Bonchev–Trinajstić information content (AvgIpc) is 3.35. The molecule has 0 amide bonds. The molecule has 7 heteroatoms. The first kappa shape index (κ1) is 22.0. The maximum Gasteiger partial charge on any atom is 0.191 e. The van der Waals surface area contributed by atoms with Crippen LogP contribution < -0.4 is 10.6 Å². The van der Waals surface area contributed by atoms with E-state index < -0.39 is 0 Å². The van der Waals surface area contributed by atoms with Gasteiger partial charge in [0.1, 0.15) is 5.76 Å². The summed E-state index contributed by atoms with van der Waals surface area (Å²) in [4.78, 5) is 4.83. The zero-order valence-electron chi connectivity index (χ0n) is 16.1. The number of hydrogen-bond acceptors (Lipinski definition) is 3. The van der Waals surface area contributed by atoms with Gasteiger partial charge >= 0.3 is 0 Å². The number of aromatic nitrogens is 1. The molecule has 1 saturated carbocycles. The Hall–Kier alpha value is -1.28. The summed E-state index contributed by atoms with van der Waals surface area (Å²) in [7, 11) is 0. The largest absolute Gasteiger partial charge is 0.361 e. The van der Waals surface area contributed by atoms with Crippen molar-refractivity contribution in [2.75, 3.05) is 19.6 Å². The number of nitrogens with zero attached hydrogens (tertiary/aromatic N) is 2. The smallest absolute Gasteiger partial charge is 0.191 e. The number of rotatable bonds is 7. The van der Waals surface area contributed by atoms with Crippen LogP contribution in [-0.2, 0) is 11.8 Å². The predicted molar refractivity (Wildman–Crippen MR) is 121 cm³/mol. The molecule has 0 spiro atoms. The molecule has 1 aliphatic carbocycles. The molecule has 1 aromatic carbocycles. The lowest BCUT2D eigenvalue weighted by Crippen LogP contribution is -2.39. The molecule has 1 aromatic heterocycles. The lowest BCUT2D eigenvalue weighted by Gasteiger charge is -2.16. The van der Waals surface area contributed by atoms with Gasteiger partial charge in [0.15, 0.2) is 5.96 Å². The second kappa shape index (κ2) is 9.78. The quantitative estimate of drug-likeness (QED) is 0.335. The van der Waals surface area contributed by atoms with E-state index in [-0.39, 0.29) is 29.4 Å². The first-order valence-corrected chi connectivity index (χ1v) is 9.62. The first-order chi connectivity index (χ1) is 12.5. The first-order valence-electron chi connectivity index (χ1n) is 9.24.